The van der Waals surface area contributed by atoms with Crippen LogP contribution in [0.3, 0.4) is 0 Å². The maximum absolute atomic E-state index is 11.9. The van der Waals surface area contributed by atoms with Gasteiger partial charge in [0.05, 0.1) is 7.11 Å². The van der Waals surface area contributed by atoms with Crippen LogP contribution in [0.2, 0.25) is 0 Å². The molecule has 2 aromatic carbocycles. The van der Waals surface area contributed by atoms with Gasteiger partial charge >= 0.3 is 0 Å². The number of carbonyl (C=O) groups excluding carboxylic acids is 1. The van der Waals surface area contributed by atoms with Gasteiger partial charge in [-0.2, -0.15) is 0 Å². The van der Waals surface area contributed by atoms with Gasteiger partial charge in [-0.25, -0.2) is 0 Å². The van der Waals surface area contributed by atoms with Crippen molar-refractivity contribution in [1.29, 1.82) is 0 Å². The van der Waals surface area contributed by atoms with E-state index in [-0.39, 0.29) is 5.91 Å². The van der Waals surface area contributed by atoms with Crippen LogP contribution >= 0.6 is 0 Å². The fraction of sp³-hybridized carbons (Fsp3) is 0.235. The van der Waals surface area contributed by atoms with Crippen molar-refractivity contribution < 1.29 is 9.53 Å². The summed E-state index contributed by atoms with van der Waals surface area (Å²) in [4.78, 5) is 11.9. The molecule has 0 fully saturated rings. The Bertz CT molecular complexity index is 611. The molecule has 1 amide bonds. The lowest BCUT2D eigenvalue weighted by molar-refractivity contribution is -0.121. The Kier molecular flexibility index (Phi) is 5.21. The average molecular weight is 284 g/mol. The minimum absolute atomic E-state index is 0.00385. The molecule has 0 aromatic heterocycles. The maximum atomic E-state index is 11.9. The lowest BCUT2D eigenvalue weighted by Crippen LogP contribution is -2.23. The third kappa shape index (κ3) is 4.24. The quantitative estimate of drug-likeness (QED) is 0.801. The Morgan fingerprint density at radius 1 is 1.10 bits per heavy atom. The first-order valence-electron chi connectivity index (χ1n) is 6.92. The zero-order valence-electron chi connectivity index (χ0n) is 12.1. The van der Waals surface area contributed by atoms with Crippen LogP contribution in [0, 0.1) is 0 Å². The largest absolute Gasteiger partial charge is 0.496 e. The van der Waals surface area contributed by atoms with E-state index in [1.807, 2.05) is 48.5 Å². The molecule has 0 aliphatic heterocycles. The van der Waals surface area contributed by atoms with Crippen molar-refractivity contribution in [2.24, 2.45) is 0 Å². The minimum Gasteiger partial charge on any atom is -0.496 e. The molecule has 0 aliphatic carbocycles. The third-order valence-corrected chi connectivity index (χ3v) is 3.35. The first kappa shape index (κ1) is 14.9. The van der Waals surface area contributed by atoms with Crippen LogP contribution in [-0.4, -0.2) is 13.0 Å². The minimum atomic E-state index is 0.00385. The van der Waals surface area contributed by atoms with E-state index in [0.717, 1.165) is 22.6 Å². The molecule has 0 bridgehead atoms. The molecule has 0 spiro atoms. The number of nitrogens with two attached hydrogens (primary N) is 1. The molecule has 0 atom stereocenters. The molecule has 0 saturated heterocycles. The van der Waals surface area contributed by atoms with Gasteiger partial charge in [0.1, 0.15) is 5.75 Å². The highest BCUT2D eigenvalue weighted by molar-refractivity contribution is 5.76. The Labute approximate surface area is 124 Å². The van der Waals surface area contributed by atoms with Crippen LogP contribution in [0.15, 0.2) is 48.5 Å². The molecule has 2 aromatic rings. The van der Waals surface area contributed by atoms with E-state index in [9.17, 15) is 4.79 Å². The second-order valence-electron chi connectivity index (χ2n) is 4.79. The van der Waals surface area contributed by atoms with E-state index in [1.165, 1.54) is 0 Å². The van der Waals surface area contributed by atoms with E-state index < -0.39 is 0 Å². The number of carbonyl (C=O) groups is 1. The first-order valence-corrected chi connectivity index (χ1v) is 6.92. The van der Waals surface area contributed by atoms with Crippen molar-refractivity contribution in [1.82, 2.24) is 5.32 Å². The number of nitrogen functional groups attached to an aromatic ring is 1. The highest BCUT2D eigenvalue weighted by Gasteiger charge is 2.06. The molecule has 21 heavy (non-hydrogen) atoms. The number of methoxy groups -OCH3 is 1. The van der Waals surface area contributed by atoms with Gasteiger partial charge in [-0.3, -0.25) is 4.79 Å². The summed E-state index contributed by atoms with van der Waals surface area (Å²) in [7, 11) is 1.62. The van der Waals surface area contributed by atoms with Gasteiger partial charge in [0, 0.05) is 24.2 Å². The van der Waals surface area contributed by atoms with Crippen molar-refractivity contribution in [2.75, 3.05) is 12.8 Å². The van der Waals surface area contributed by atoms with Crippen LogP contribution in [0.5, 0.6) is 5.75 Å². The molecule has 2 rings (SSSR count). The molecule has 4 heteroatoms. The Hall–Kier alpha value is -2.49. The van der Waals surface area contributed by atoms with Crippen molar-refractivity contribution in [3.8, 4) is 5.75 Å². The zero-order valence-corrected chi connectivity index (χ0v) is 12.1. The highest BCUT2D eigenvalue weighted by Crippen LogP contribution is 2.17. The topological polar surface area (TPSA) is 64.3 Å². The number of amides is 1. The summed E-state index contributed by atoms with van der Waals surface area (Å²) < 4.78 is 5.25. The number of anilines is 1. The molecule has 4 nitrogen and oxygen atoms in total. The van der Waals surface area contributed by atoms with E-state index in [4.69, 9.17) is 10.5 Å². The zero-order chi connectivity index (χ0) is 15.1. The molecule has 0 unspecified atom stereocenters. The predicted octanol–water partition coefficient (Wildman–Crippen LogP) is 2.53. The number of hydrogen-bond acceptors (Lipinski definition) is 3. The lowest BCUT2D eigenvalue weighted by Gasteiger charge is -2.10. The predicted molar refractivity (Wildman–Crippen MR) is 84.0 cm³/mol. The van der Waals surface area contributed by atoms with Gasteiger partial charge in [0.15, 0.2) is 0 Å². The highest BCUT2D eigenvalue weighted by atomic mass is 16.5. The van der Waals surface area contributed by atoms with E-state index in [1.54, 1.807) is 7.11 Å². The molecule has 110 valence electrons. The van der Waals surface area contributed by atoms with Crippen LogP contribution < -0.4 is 15.8 Å². The molecule has 0 aliphatic rings. The molecule has 0 saturated carbocycles. The summed E-state index contributed by atoms with van der Waals surface area (Å²) >= 11 is 0. The number of ether oxygens (including phenoxy) is 1. The van der Waals surface area contributed by atoms with E-state index in [2.05, 4.69) is 5.32 Å². The number of aryl methyl sites for hydroxylation is 1. The van der Waals surface area contributed by atoms with Gasteiger partial charge in [0.25, 0.3) is 0 Å². The van der Waals surface area contributed by atoms with Gasteiger partial charge < -0.3 is 15.8 Å². The fourth-order valence-electron chi connectivity index (χ4n) is 2.14. The molecule has 0 heterocycles. The standard InChI is InChI=1S/C17H20N2O2/c1-21-16-9-5-3-7-14(16)12-19-17(20)11-10-13-6-2-4-8-15(13)18/h2-9H,10-12,18H2,1H3,(H,19,20). The number of rotatable bonds is 6. The second-order valence-corrected chi connectivity index (χ2v) is 4.79. The molecular formula is C17H20N2O2. The number of nitrogens with one attached hydrogen (secondary N) is 1. The van der Waals surface area contributed by atoms with Crippen molar-refractivity contribution >= 4 is 11.6 Å². The van der Waals surface area contributed by atoms with Crippen LogP contribution in [0.1, 0.15) is 17.5 Å². The summed E-state index contributed by atoms with van der Waals surface area (Å²) in [6, 6.07) is 15.3. The van der Waals surface area contributed by atoms with Gasteiger partial charge in [-0.15, -0.1) is 0 Å². The van der Waals surface area contributed by atoms with Crippen LogP contribution in [0.25, 0.3) is 0 Å². The molecule has 3 N–H and O–H groups in total. The van der Waals surface area contributed by atoms with E-state index in [0.29, 0.717) is 19.4 Å². The second kappa shape index (κ2) is 7.33. The average Bonchev–Trinajstić information content (AvgIpc) is 2.52. The first-order chi connectivity index (χ1) is 10.2. The Morgan fingerprint density at radius 3 is 2.48 bits per heavy atom. The Morgan fingerprint density at radius 2 is 1.76 bits per heavy atom. The third-order valence-electron chi connectivity index (χ3n) is 3.35. The normalized spacial score (nSPS) is 10.1. The monoisotopic (exact) mass is 284 g/mol. The van der Waals surface area contributed by atoms with Gasteiger partial charge in [-0.1, -0.05) is 36.4 Å². The van der Waals surface area contributed by atoms with Crippen LogP contribution in [-0.2, 0) is 17.8 Å². The number of benzene rings is 2. The van der Waals surface area contributed by atoms with Gasteiger partial charge in [-0.05, 0) is 24.1 Å². The van der Waals surface area contributed by atoms with Gasteiger partial charge in [0.2, 0.25) is 5.91 Å². The van der Waals surface area contributed by atoms with Crippen LogP contribution in [0.4, 0.5) is 5.69 Å². The summed E-state index contributed by atoms with van der Waals surface area (Å²) in [5.41, 5.74) is 8.56. The summed E-state index contributed by atoms with van der Waals surface area (Å²) in [6.07, 6.45) is 1.06. The fourth-order valence-corrected chi connectivity index (χ4v) is 2.14. The number of hydrogen-bond donors (Lipinski definition) is 2. The SMILES string of the molecule is COc1ccccc1CNC(=O)CCc1ccccc1N. The van der Waals surface area contributed by atoms with Crippen molar-refractivity contribution in [2.45, 2.75) is 19.4 Å². The molecule has 0 radical (unpaired) electrons. The maximum Gasteiger partial charge on any atom is 0.220 e. The summed E-state index contributed by atoms with van der Waals surface area (Å²) in [6.45, 7) is 0.465. The van der Waals surface area contributed by atoms with Crippen molar-refractivity contribution in [3.63, 3.8) is 0 Å². The summed E-state index contributed by atoms with van der Waals surface area (Å²) in [5.74, 6) is 0.786. The lowest BCUT2D eigenvalue weighted by atomic mass is 10.1. The molecular weight excluding hydrogens is 264 g/mol. The smallest absolute Gasteiger partial charge is 0.220 e. The van der Waals surface area contributed by atoms with Crippen molar-refractivity contribution in [3.05, 3.63) is 59.7 Å². The number of para-hydroxylation sites is 2. The summed E-state index contributed by atoms with van der Waals surface area (Å²) in [5, 5.41) is 2.90. The van der Waals surface area contributed by atoms with E-state index >= 15 is 0 Å². The Balaban J connectivity index is 1.84.